The third-order valence-corrected chi connectivity index (χ3v) is 5.58. The fraction of sp³-hybridized carbons (Fsp3) is 0.348. The predicted molar refractivity (Wildman–Crippen MR) is 115 cm³/mol. The molecule has 30 heavy (non-hydrogen) atoms. The van der Waals surface area contributed by atoms with Crippen LogP contribution in [0.15, 0.2) is 42.5 Å². The van der Waals surface area contributed by atoms with Gasteiger partial charge in [-0.2, -0.15) is 0 Å². The molecule has 156 valence electrons. The summed E-state index contributed by atoms with van der Waals surface area (Å²) in [6.07, 6.45) is 0.950. The largest absolute Gasteiger partial charge is 0.494 e. The van der Waals surface area contributed by atoms with Crippen molar-refractivity contribution in [1.29, 1.82) is 0 Å². The third kappa shape index (κ3) is 3.87. The Balaban J connectivity index is 1.43. The number of nitrogens with zero attached hydrogens (tertiary/aromatic N) is 2. The van der Waals surface area contributed by atoms with E-state index in [4.69, 9.17) is 4.74 Å². The Morgan fingerprint density at radius 1 is 1.17 bits per heavy atom. The summed E-state index contributed by atoms with van der Waals surface area (Å²) in [4.78, 5) is 40.4. The number of carbonyl (C=O) groups is 3. The highest BCUT2D eigenvalue weighted by Gasteiger charge is 2.36. The van der Waals surface area contributed by atoms with Crippen molar-refractivity contribution in [2.45, 2.75) is 26.7 Å². The van der Waals surface area contributed by atoms with Crippen molar-refractivity contribution in [3.8, 4) is 5.75 Å². The highest BCUT2D eigenvalue weighted by Crippen LogP contribution is 2.34. The maximum absolute atomic E-state index is 12.7. The van der Waals surface area contributed by atoms with Gasteiger partial charge in [0.2, 0.25) is 17.7 Å². The van der Waals surface area contributed by atoms with Crippen LogP contribution in [0, 0.1) is 5.92 Å². The molecule has 7 nitrogen and oxygen atoms in total. The number of rotatable bonds is 5. The Morgan fingerprint density at radius 3 is 2.63 bits per heavy atom. The summed E-state index contributed by atoms with van der Waals surface area (Å²) in [7, 11) is 0. The minimum absolute atomic E-state index is 0.0183. The van der Waals surface area contributed by atoms with E-state index < -0.39 is 5.92 Å². The quantitative estimate of drug-likeness (QED) is 0.827. The molecule has 1 fully saturated rings. The first kappa shape index (κ1) is 19.9. The number of hydrogen-bond acceptors (Lipinski definition) is 4. The molecule has 2 aliphatic heterocycles. The maximum atomic E-state index is 12.7. The smallest absolute Gasteiger partial charge is 0.229 e. The standard InChI is InChI=1S/C23H25N3O4/c1-3-30-20-7-4-18(5-8-20)24-23(29)17-13-22(28)26(14-17)19-6-9-21-16(12-19)10-11-25(21)15(2)27/h4-9,12,17H,3,10-11,13-14H2,1-2H3,(H,24,29)/t17-/m1/s1. The minimum atomic E-state index is -0.411. The molecular formula is C23H25N3O4. The van der Waals surface area contributed by atoms with E-state index >= 15 is 0 Å². The Labute approximate surface area is 175 Å². The summed E-state index contributed by atoms with van der Waals surface area (Å²) >= 11 is 0. The third-order valence-electron chi connectivity index (χ3n) is 5.58. The van der Waals surface area contributed by atoms with Gasteiger partial charge in [0, 0.05) is 43.5 Å². The molecule has 0 aliphatic carbocycles. The van der Waals surface area contributed by atoms with E-state index in [1.54, 1.807) is 41.0 Å². The van der Waals surface area contributed by atoms with Crippen LogP contribution in [0.3, 0.4) is 0 Å². The summed E-state index contributed by atoms with van der Waals surface area (Å²) in [5.41, 5.74) is 3.41. The number of benzene rings is 2. The molecule has 4 rings (SSSR count). The second kappa shape index (κ2) is 8.18. The van der Waals surface area contributed by atoms with Crippen molar-refractivity contribution in [2.75, 3.05) is 34.8 Å². The Kier molecular flexibility index (Phi) is 5.44. The Hall–Kier alpha value is -3.35. The summed E-state index contributed by atoms with van der Waals surface area (Å²) < 4.78 is 5.41. The first-order valence-electron chi connectivity index (χ1n) is 10.2. The van der Waals surface area contributed by atoms with Crippen LogP contribution in [-0.2, 0) is 20.8 Å². The van der Waals surface area contributed by atoms with Gasteiger partial charge in [-0.1, -0.05) is 0 Å². The van der Waals surface area contributed by atoms with Gasteiger partial charge in [-0.3, -0.25) is 14.4 Å². The number of amides is 3. The Morgan fingerprint density at radius 2 is 1.93 bits per heavy atom. The van der Waals surface area contributed by atoms with E-state index in [0.717, 1.165) is 29.1 Å². The van der Waals surface area contributed by atoms with Gasteiger partial charge in [0.15, 0.2) is 0 Å². The van der Waals surface area contributed by atoms with Crippen LogP contribution in [0.5, 0.6) is 5.75 Å². The molecule has 0 unspecified atom stereocenters. The number of fused-ring (bicyclic) bond motifs is 1. The maximum Gasteiger partial charge on any atom is 0.229 e. The zero-order valence-corrected chi connectivity index (χ0v) is 17.2. The van der Waals surface area contributed by atoms with E-state index in [2.05, 4.69) is 5.32 Å². The number of nitrogens with one attached hydrogen (secondary N) is 1. The van der Waals surface area contributed by atoms with E-state index in [1.165, 1.54) is 0 Å². The van der Waals surface area contributed by atoms with Crippen molar-refractivity contribution < 1.29 is 19.1 Å². The van der Waals surface area contributed by atoms with E-state index in [9.17, 15) is 14.4 Å². The summed E-state index contributed by atoms with van der Waals surface area (Å²) in [6.45, 7) is 5.06. The lowest BCUT2D eigenvalue weighted by molar-refractivity contribution is -0.122. The molecule has 1 atom stereocenters. The Bertz CT molecular complexity index is 986. The van der Waals surface area contributed by atoms with Gasteiger partial charge in [0.1, 0.15) is 5.75 Å². The molecule has 0 aromatic heterocycles. The first-order chi connectivity index (χ1) is 14.5. The van der Waals surface area contributed by atoms with Gasteiger partial charge in [0.05, 0.1) is 12.5 Å². The molecule has 2 heterocycles. The van der Waals surface area contributed by atoms with Crippen LogP contribution < -0.4 is 19.9 Å². The summed E-state index contributed by atoms with van der Waals surface area (Å²) in [5.74, 6) is 0.121. The molecule has 0 saturated carbocycles. The average Bonchev–Trinajstić information content (AvgIpc) is 3.33. The lowest BCUT2D eigenvalue weighted by Gasteiger charge is -2.19. The van der Waals surface area contributed by atoms with Crippen molar-refractivity contribution in [2.24, 2.45) is 5.92 Å². The molecule has 1 saturated heterocycles. The van der Waals surface area contributed by atoms with Crippen LogP contribution in [0.25, 0.3) is 0 Å². The lowest BCUT2D eigenvalue weighted by Crippen LogP contribution is -2.28. The fourth-order valence-corrected chi connectivity index (χ4v) is 4.06. The predicted octanol–water partition coefficient (Wildman–Crippen LogP) is 2.99. The number of carbonyl (C=O) groups excluding carboxylic acids is 3. The summed E-state index contributed by atoms with van der Waals surface area (Å²) in [6, 6.07) is 12.9. The number of anilines is 3. The van der Waals surface area contributed by atoms with Crippen molar-refractivity contribution in [3.63, 3.8) is 0 Å². The molecule has 7 heteroatoms. The molecule has 1 N–H and O–H groups in total. The zero-order chi connectivity index (χ0) is 21.3. The molecular weight excluding hydrogens is 382 g/mol. The first-order valence-corrected chi connectivity index (χ1v) is 10.2. The van der Waals surface area contributed by atoms with Gasteiger partial charge >= 0.3 is 0 Å². The van der Waals surface area contributed by atoms with Crippen LogP contribution in [-0.4, -0.2) is 37.4 Å². The van der Waals surface area contributed by atoms with Crippen LogP contribution in [0.1, 0.15) is 25.8 Å². The normalized spacial score (nSPS) is 17.8. The molecule has 0 radical (unpaired) electrons. The van der Waals surface area contributed by atoms with Gasteiger partial charge in [-0.05, 0) is 61.4 Å². The van der Waals surface area contributed by atoms with Crippen LogP contribution in [0.2, 0.25) is 0 Å². The van der Waals surface area contributed by atoms with Crippen molar-refractivity contribution >= 4 is 34.8 Å². The molecule has 0 spiro atoms. The molecule has 3 amide bonds. The van der Waals surface area contributed by atoms with Gasteiger partial charge < -0.3 is 19.9 Å². The van der Waals surface area contributed by atoms with Crippen molar-refractivity contribution in [3.05, 3.63) is 48.0 Å². The van der Waals surface area contributed by atoms with Crippen LogP contribution in [0.4, 0.5) is 17.1 Å². The van der Waals surface area contributed by atoms with Gasteiger partial charge in [0.25, 0.3) is 0 Å². The van der Waals surface area contributed by atoms with Crippen LogP contribution >= 0.6 is 0 Å². The topological polar surface area (TPSA) is 79.0 Å². The number of hydrogen-bond donors (Lipinski definition) is 1. The average molecular weight is 407 g/mol. The second-order valence-electron chi connectivity index (χ2n) is 7.59. The van der Waals surface area contributed by atoms with Gasteiger partial charge in [-0.15, -0.1) is 0 Å². The molecule has 0 bridgehead atoms. The molecule has 2 aromatic carbocycles. The minimum Gasteiger partial charge on any atom is -0.494 e. The highest BCUT2D eigenvalue weighted by molar-refractivity contribution is 6.04. The highest BCUT2D eigenvalue weighted by atomic mass is 16.5. The van der Waals surface area contributed by atoms with E-state index in [0.29, 0.717) is 25.4 Å². The lowest BCUT2D eigenvalue weighted by atomic mass is 10.1. The monoisotopic (exact) mass is 407 g/mol. The van der Waals surface area contributed by atoms with Gasteiger partial charge in [-0.25, -0.2) is 0 Å². The zero-order valence-electron chi connectivity index (χ0n) is 17.2. The fourth-order valence-electron chi connectivity index (χ4n) is 4.06. The van der Waals surface area contributed by atoms with E-state index in [-0.39, 0.29) is 24.1 Å². The van der Waals surface area contributed by atoms with Crippen molar-refractivity contribution in [1.82, 2.24) is 0 Å². The number of ether oxygens (including phenoxy) is 1. The van der Waals surface area contributed by atoms with E-state index in [1.807, 2.05) is 25.1 Å². The SMILES string of the molecule is CCOc1ccc(NC(=O)[C@@H]2CC(=O)N(c3ccc4c(c3)CCN4C(C)=O)C2)cc1. The summed E-state index contributed by atoms with van der Waals surface area (Å²) in [5, 5.41) is 2.89. The molecule has 2 aromatic rings. The molecule has 2 aliphatic rings. The second-order valence-corrected chi connectivity index (χ2v) is 7.59.